The van der Waals surface area contributed by atoms with Crippen LogP contribution in [0.3, 0.4) is 0 Å². The van der Waals surface area contributed by atoms with Gasteiger partial charge in [0.2, 0.25) is 5.91 Å². The maximum Gasteiger partial charge on any atom is 0.222 e. The van der Waals surface area contributed by atoms with Crippen molar-refractivity contribution in [3.8, 4) is 0 Å². The molecule has 24 heavy (non-hydrogen) atoms. The first-order chi connectivity index (χ1) is 11.5. The molecule has 1 aromatic carbocycles. The normalized spacial score (nSPS) is 16.6. The van der Waals surface area contributed by atoms with Crippen LogP contribution in [0.2, 0.25) is 0 Å². The summed E-state index contributed by atoms with van der Waals surface area (Å²) in [5.41, 5.74) is 2.38. The predicted molar refractivity (Wildman–Crippen MR) is 98.7 cm³/mol. The highest BCUT2D eigenvalue weighted by molar-refractivity contribution is 5.80. The van der Waals surface area contributed by atoms with Crippen LogP contribution < -0.4 is 10.6 Å². The zero-order valence-corrected chi connectivity index (χ0v) is 15.3. The average Bonchev–Trinajstić information content (AvgIpc) is 2.96. The summed E-state index contributed by atoms with van der Waals surface area (Å²) in [6, 6.07) is 8.77. The van der Waals surface area contributed by atoms with E-state index in [1.807, 2.05) is 4.90 Å². The molecular formula is C19H30N4O. The van der Waals surface area contributed by atoms with Crippen LogP contribution in [0, 0.1) is 5.92 Å². The summed E-state index contributed by atoms with van der Waals surface area (Å²) >= 11 is 0. The molecule has 1 unspecified atom stereocenters. The van der Waals surface area contributed by atoms with Gasteiger partial charge in [-0.15, -0.1) is 0 Å². The van der Waals surface area contributed by atoms with Crippen molar-refractivity contribution in [2.24, 2.45) is 10.9 Å². The van der Waals surface area contributed by atoms with Crippen molar-refractivity contribution >= 4 is 11.9 Å². The number of nitrogens with one attached hydrogen (secondary N) is 2. The summed E-state index contributed by atoms with van der Waals surface area (Å²) < 4.78 is 0. The minimum Gasteiger partial charge on any atom is -0.354 e. The van der Waals surface area contributed by atoms with E-state index in [0.717, 1.165) is 18.9 Å². The molecule has 1 aromatic rings. The molecule has 132 valence electrons. The number of hydrogen-bond acceptors (Lipinski definition) is 2. The smallest absolute Gasteiger partial charge is 0.222 e. The fourth-order valence-electron chi connectivity index (χ4n) is 2.69. The van der Waals surface area contributed by atoms with Gasteiger partial charge in [0.25, 0.3) is 0 Å². The number of guanidine groups is 1. The van der Waals surface area contributed by atoms with Crippen molar-refractivity contribution < 1.29 is 4.79 Å². The van der Waals surface area contributed by atoms with Crippen molar-refractivity contribution in [1.29, 1.82) is 0 Å². The quantitative estimate of drug-likeness (QED) is 0.622. The number of nitrogens with zero attached hydrogens (tertiary/aromatic N) is 2. The Hall–Kier alpha value is -2.04. The average molecular weight is 330 g/mol. The molecule has 1 fully saturated rings. The Balaban J connectivity index is 1.90. The van der Waals surface area contributed by atoms with Crippen molar-refractivity contribution in [2.75, 3.05) is 13.6 Å². The van der Waals surface area contributed by atoms with E-state index >= 15 is 0 Å². The minimum absolute atomic E-state index is 0.269. The van der Waals surface area contributed by atoms with E-state index in [4.69, 9.17) is 0 Å². The van der Waals surface area contributed by atoms with E-state index in [2.05, 4.69) is 60.7 Å². The number of carbonyl (C=O) groups excluding carboxylic acids is 1. The van der Waals surface area contributed by atoms with Crippen LogP contribution in [0.1, 0.15) is 44.7 Å². The topological polar surface area (TPSA) is 56.7 Å². The minimum atomic E-state index is 0.269. The van der Waals surface area contributed by atoms with E-state index < -0.39 is 0 Å². The number of amides is 1. The molecule has 1 saturated heterocycles. The van der Waals surface area contributed by atoms with Gasteiger partial charge in [-0.25, -0.2) is 0 Å². The summed E-state index contributed by atoms with van der Waals surface area (Å²) in [5.74, 6) is 1.63. The van der Waals surface area contributed by atoms with Crippen LogP contribution in [-0.2, 0) is 17.9 Å². The second-order valence-corrected chi connectivity index (χ2v) is 6.84. The predicted octanol–water partition coefficient (Wildman–Crippen LogP) is 2.52. The van der Waals surface area contributed by atoms with Crippen LogP contribution in [0.25, 0.3) is 0 Å². The number of likely N-dealkylation sites (tertiary alicyclic amines) is 1. The van der Waals surface area contributed by atoms with Crippen LogP contribution in [0.15, 0.2) is 29.3 Å². The lowest BCUT2D eigenvalue weighted by molar-refractivity contribution is -0.128. The van der Waals surface area contributed by atoms with Crippen LogP contribution >= 0.6 is 0 Å². The van der Waals surface area contributed by atoms with Crippen LogP contribution in [-0.4, -0.2) is 36.4 Å². The molecule has 1 aliphatic heterocycles. The largest absolute Gasteiger partial charge is 0.354 e. The molecule has 1 aliphatic rings. The Labute approximate surface area is 145 Å². The highest BCUT2D eigenvalue weighted by atomic mass is 16.2. The summed E-state index contributed by atoms with van der Waals surface area (Å²) in [5, 5.41) is 6.76. The van der Waals surface area contributed by atoms with E-state index in [1.54, 1.807) is 7.05 Å². The number of carbonyl (C=O) groups is 1. The van der Waals surface area contributed by atoms with Gasteiger partial charge >= 0.3 is 0 Å². The number of aliphatic imine (C=N–C) groups is 1. The summed E-state index contributed by atoms with van der Waals surface area (Å²) in [4.78, 5) is 18.0. The molecule has 5 heteroatoms. The molecule has 5 nitrogen and oxygen atoms in total. The molecule has 0 bridgehead atoms. The lowest BCUT2D eigenvalue weighted by Crippen LogP contribution is -2.43. The molecule has 2 rings (SSSR count). The Bertz CT molecular complexity index is 582. The fourth-order valence-corrected chi connectivity index (χ4v) is 2.69. The summed E-state index contributed by atoms with van der Waals surface area (Å²) in [6.07, 6.45) is 1.67. The third-order valence-corrected chi connectivity index (χ3v) is 4.58. The van der Waals surface area contributed by atoms with E-state index in [1.165, 1.54) is 11.1 Å². The second-order valence-electron chi connectivity index (χ2n) is 6.84. The van der Waals surface area contributed by atoms with Gasteiger partial charge in [-0.2, -0.15) is 0 Å². The molecule has 0 saturated carbocycles. The molecule has 1 amide bonds. The standard InChI is InChI=1S/C19H30N4O/c1-14(2)15(3)22-19(20-4)21-12-16-7-5-8-17(11-16)13-23-10-6-9-18(23)24/h5,7-8,11,14-15H,6,9-10,12-13H2,1-4H3,(H2,20,21,22). The molecular weight excluding hydrogens is 300 g/mol. The molecule has 1 atom stereocenters. The van der Waals surface area contributed by atoms with Gasteiger partial charge < -0.3 is 15.5 Å². The molecule has 0 aromatic heterocycles. The maximum atomic E-state index is 11.8. The van der Waals surface area contributed by atoms with Gasteiger partial charge in [-0.05, 0) is 30.4 Å². The van der Waals surface area contributed by atoms with Gasteiger partial charge in [-0.3, -0.25) is 9.79 Å². The lowest BCUT2D eigenvalue weighted by atomic mass is 10.1. The van der Waals surface area contributed by atoms with Crippen molar-refractivity contribution in [1.82, 2.24) is 15.5 Å². The second kappa shape index (κ2) is 8.71. The SMILES string of the molecule is CN=C(NCc1cccc(CN2CCCC2=O)c1)NC(C)C(C)C. The van der Waals surface area contributed by atoms with Gasteiger partial charge in [-0.1, -0.05) is 38.1 Å². The first kappa shape index (κ1) is 18.3. The Kier molecular flexibility index (Phi) is 6.64. The monoisotopic (exact) mass is 330 g/mol. The third kappa shape index (κ3) is 5.25. The Morgan fingerprint density at radius 2 is 2.04 bits per heavy atom. The molecule has 0 spiro atoms. The van der Waals surface area contributed by atoms with E-state index in [9.17, 15) is 4.79 Å². The van der Waals surface area contributed by atoms with E-state index in [-0.39, 0.29) is 5.91 Å². The Morgan fingerprint density at radius 3 is 2.67 bits per heavy atom. The highest BCUT2D eigenvalue weighted by Gasteiger charge is 2.19. The lowest BCUT2D eigenvalue weighted by Gasteiger charge is -2.21. The zero-order valence-electron chi connectivity index (χ0n) is 15.3. The number of benzene rings is 1. The number of rotatable bonds is 6. The third-order valence-electron chi connectivity index (χ3n) is 4.58. The van der Waals surface area contributed by atoms with Crippen molar-refractivity contribution in [3.05, 3.63) is 35.4 Å². The Morgan fingerprint density at radius 1 is 1.29 bits per heavy atom. The van der Waals surface area contributed by atoms with Gasteiger partial charge in [0, 0.05) is 39.1 Å². The first-order valence-corrected chi connectivity index (χ1v) is 8.82. The fraction of sp³-hybridized carbons (Fsp3) is 0.579. The van der Waals surface area contributed by atoms with Gasteiger partial charge in [0.05, 0.1) is 0 Å². The number of hydrogen-bond donors (Lipinski definition) is 2. The van der Waals surface area contributed by atoms with Crippen LogP contribution in [0.5, 0.6) is 0 Å². The highest BCUT2D eigenvalue weighted by Crippen LogP contribution is 2.15. The zero-order chi connectivity index (χ0) is 17.5. The summed E-state index contributed by atoms with van der Waals surface area (Å²) in [7, 11) is 1.79. The van der Waals surface area contributed by atoms with Crippen LogP contribution in [0.4, 0.5) is 0 Å². The van der Waals surface area contributed by atoms with Crippen molar-refractivity contribution in [2.45, 2.75) is 52.7 Å². The first-order valence-electron chi connectivity index (χ1n) is 8.82. The molecule has 2 N–H and O–H groups in total. The molecule has 0 aliphatic carbocycles. The van der Waals surface area contributed by atoms with E-state index in [0.29, 0.717) is 31.5 Å². The maximum absolute atomic E-state index is 11.8. The summed E-state index contributed by atoms with van der Waals surface area (Å²) in [6.45, 7) is 8.84. The van der Waals surface area contributed by atoms with Gasteiger partial charge in [0.15, 0.2) is 5.96 Å². The van der Waals surface area contributed by atoms with Gasteiger partial charge in [0.1, 0.15) is 0 Å². The van der Waals surface area contributed by atoms with Crippen molar-refractivity contribution in [3.63, 3.8) is 0 Å². The molecule has 1 heterocycles. The molecule has 0 radical (unpaired) electrons.